The number of rotatable bonds is 4. The Morgan fingerprint density at radius 3 is 2.48 bits per heavy atom. The van der Waals surface area contributed by atoms with Gasteiger partial charge in [0.1, 0.15) is 18.2 Å². The molecule has 112 valence electrons. The van der Waals surface area contributed by atoms with Crippen LogP contribution in [0.5, 0.6) is 5.75 Å². The Morgan fingerprint density at radius 2 is 1.86 bits per heavy atom. The Balaban J connectivity index is 2.19. The van der Waals surface area contributed by atoms with Crippen molar-refractivity contribution < 1.29 is 17.5 Å². The highest BCUT2D eigenvalue weighted by molar-refractivity contribution is 8.13. The average molecular weight is 370 g/mol. The van der Waals surface area contributed by atoms with E-state index in [2.05, 4.69) is 0 Å². The lowest BCUT2D eigenvalue weighted by Gasteiger charge is -2.10. The van der Waals surface area contributed by atoms with E-state index in [9.17, 15) is 12.8 Å². The molecule has 0 aromatic heterocycles. The van der Waals surface area contributed by atoms with Crippen molar-refractivity contribution in [2.45, 2.75) is 11.5 Å². The van der Waals surface area contributed by atoms with Crippen molar-refractivity contribution in [2.24, 2.45) is 0 Å². The first kappa shape index (κ1) is 16.4. The number of halogens is 4. The minimum Gasteiger partial charge on any atom is -0.487 e. The van der Waals surface area contributed by atoms with Crippen LogP contribution in [-0.2, 0) is 15.7 Å². The van der Waals surface area contributed by atoms with Crippen LogP contribution in [-0.4, -0.2) is 8.42 Å². The molecule has 0 aliphatic heterocycles. The van der Waals surface area contributed by atoms with Crippen molar-refractivity contribution in [3.05, 3.63) is 57.8 Å². The third kappa shape index (κ3) is 4.01. The van der Waals surface area contributed by atoms with Crippen molar-refractivity contribution in [3.63, 3.8) is 0 Å². The van der Waals surface area contributed by atoms with Crippen molar-refractivity contribution in [3.8, 4) is 5.75 Å². The Bertz CT molecular complexity index is 778. The van der Waals surface area contributed by atoms with Gasteiger partial charge in [0.2, 0.25) is 0 Å². The Labute approximate surface area is 135 Å². The zero-order valence-electron chi connectivity index (χ0n) is 10.3. The molecule has 0 aliphatic carbocycles. The fourth-order valence-electron chi connectivity index (χ4n) is 1.57. The van der Waals surface area contributed by atoms with E-state index in [1.54, 1.807) is 6.07 Å². The van der Waals surface area contributed by atoms with Crippen molar-refractivity contribution in [1.29, 1.82) is 0 Å². The Morgan fingerprint density at radius 1 is 1.14 bits per heavy atom. The molecular weight excluding hydrogens is 362 g/mol. The maximum absolute atomic E-state index is 13.3. The minimum atomic E-state index is -3.86. The van der Waals surface area contributed by atoms with Crippen LogP contribution in [0.15, 0.2) is 41.3 Å². The van der Waals surface area contributed by atoms with Gasteiger partial charge in [0.05, 0.1) is 14.9 Å². The summed E-state index contributed by atoms with van der Waals surface area (Å²) in [6.45, 7) is -0.0106. The summed E-state index contributed by atoms with van der Waals surface area (Å²) < 4.78 is 41.0. The predicted octanol–water partition coefficient (Wildman–Crippen LogP) is 4.64. The van der Waals surface area contributed by atoms with E-state index >= 15 is 0 Å². The third-order valence-electron chi connectivity index (χ3n) is 2.60. The average Bonchev–Trinajstić information content (AvgIpc) is 2.40. The fraction of sp³-hybridized carbons (Fsp3) is 0.0769. The van der Waals surface area contributed by atoms with Crippen LogP contribution in [0.1, 0.15) is 5.56 Å². The lowest BCUT2D eigenvalue weighted by molar-refractivity contribution is 0.305. The van der Waals surface area contributed by atoms with Gasteiger partial charge in [-0.1, -0.05) is 35.3 Å². The first-order valence-electron chi connectivity index (χ1n) is 5.59. The van der Waals surface area contributed by atoms with Crippen LogP contribution in [0.4, 0.5) is 4.39 Å². The van der Waals surface area contributed by atoms with Gasteiger partial charge < -0.3 is 4.74 Å². The number of benzene rings is 2. The van der Waals surface area contributed by atoms with Gasteiger partial charge in [-0.15, -0.1) is 0 Å². The summed E-state index contributed by atoms with van der Waals surface area (Å²) in [5, 5.41) is 0.0397. The molecule has 0 fully saturated rings. The van der Waals surface area contributed by atoms with E-state index in [0.717, 1.165) is 0 Å². The zero-order chi connectivity index (χ0) is 15.6. The topological polar surface area (TPSA) is 43.4 Å². The first-order valence-corrected chi connectivity index (χ1v) is 8.65. The number of ether oxygens (including phenoxy) is 1. The summed E-state index contributed by atoms with van der Waals surface area (Å²) in [6.07, 6.45) is 0. The monoisotopic (exact) mass is 368 g/mol. The summed E-state index contributed by atoms with van der Waals surface area (Å²) in [5.74, 6) is -0.312. The predicted molar refractivity (Wildman–Crippen MR) is 80.2 cm³/mol. The Hall–Kier alpha value is -1.01. The van der Waals surface area contributed by atoms with Gasteiger partial charge in [0, 0.05) is 16.2 Å². The largest absolute Gasteiger partial charge is 0.487 e. The lowest BCUT2D eigenvalue weighted by Crippen LogP contribution is -1.99. The molecule has 0 unspecified atom stereocenters. The second kappa shape index (κ2) is 6.40. The van der Waals surface area contributed by atoms with Gasteiger partial charge in [-0.05, 0) is 24.3 Å². The zero-order valence-corrected chi connectivity index (χ0v) is 13.4. The van der Waals surface area contributed by atoms with Crippen LogP contribution in [0.2, 0.25) is 10.0 Å². The molecule has 2 aromatic carbocycles. The van der Waals surface area contributed by atoms with E-state index in [1.807, 2.05) is 0 Å². The summed E-state index contributed by atoms with van der Waals surface area (Å²) in [4.78, 5) is -0.134. The second-order valence-corrected chi connectivity index (χ2v) is 7.38. The van der Waals surface area contributed by atoms with E-state index in [4.69, 9.17) is 38.6 Å². The van der Waals surface area contributed by atoms with E-state index in [-0.39, 0.29) is 27.3 Å². The van der Waals surface area contributed by atoms with Gasteiger partial charge in [-0.25, -0.2) is 12.8 Å². The molecule has 0 amide bonds. The van der Waals surface area contributed by atoms with Gasteiger partial charge >= 0.3 is 0 Å². The molecule has 0 aliphatic rings. The van der Waals surface area contributed by atoms with Crippen LogP contribution in [0, 0.1) is 5.82 Å². The second-order valence-electron chi connectivity index (χ2n) is 4.03. The number of hydrogen-bond acceptors (Lipinski definition) is 3. The highest BCUT2D eigenvalue weighted by Crippen LogP contribution is 2.30. The van der Waals surface area contributed by atoms with Gasteiger partial charge in [-0.2, -0.15) is 0 Å². The third-order valence-corrected chi connectivity index (χ3v) is 4.67. The van der Waals surface area contributed by atoms with Crippen molar-refractivity contribution >= 4 is 42.9 Å². The highest BCUT2D eigenvalue weighted by Gasteiger charge is 2.13. The molecule has 0 bridgehead atoms. The standard InChI is InChI=1S/C13H8Cl3FO3S/c14-10-6-9(21(16,18)19)4-5-12(10)20-7-8-2-1-3-11(17)13(8)15/h1-6H,7H2. The summed E-state index contributed by atoms with van der Waals surface area (Å²) in [5.41, 5.74) is 0.446. The summed E-state index contributed by atoms with van der Waals surface area (Å²) >= 11 is 11.7. The number of hydrogen-bond donors (Lipinski definition) is 0. The minimum absolute atomic E-state index is 0.0106. The molecule has 0 N–H and O–H groups in total. The Kier molecular flexibility index (Phi) is 4.99. The molecule has 0 spiro atoms. The van der Waals surface area contributed by atoms with Crippen LogP contribution >= 0.6 is 33.9 Å². The molecule has 0 atom stereocenters. The normalized spacial score (nSPS) is 11.4. The lowest BCUT2D eigenvalue weighted by atomic mass is 10.2. The molecular formula is C13H8Cl3FO3S. The highest BCUT2D eigenvalue weighted by atomic mass is 35.7. The maximum Gasteiger partial charge on any atom is 0.261 e. The van der Waals surface area contributed by atoms with Gasteiger partial charge in [0.25, 0.3) is 9.05 Å². The van der Waals surface area contributed by atoms with E-state index in [1.165, 1.54) is 30.3 Å². The van der Waals surface area contributed by atoms with Crippen LogP contribution in [0.3, 0.4) is 0 Å². The van der Waals surface area contributed by atoms with Gasteiger partial charge in [0.15, 0.2) is 0 Å². The molecule has 0 heterocycles. The molecule has 3 nitrogen and oxygen atoms in total. The van der Waals surface area contributed by atoms with E-state index < -0.39 is 14.9 Å². The summed E-state index contributed by atoms with van der Waals surface area (Å²) in [6, 6.07) is 8.15. The van der Waals surface area contributed by atoms with Crippen molar-refractivity contribution in [2.75, 3.05) is 0 Å². The van der Waals surface area contributed by atoms with Crippen LogP contribution in [0.25, 0.3) is 0 Å². The van der Waals surface area contributed by atoms with Crippen LogP contribution < -0.4 is 4.74 Å². The van der Waals surface area contributed by atoms with E-state index in [0.29, 0.717) is 5.56 Å². The fourth-order valence-corrected chi connectivity index (χ4v) is 2.82. The molecule has 2 aromatic rings. The quantitative estimate of drug-likeness (QED) is 0.737. The molecule has 21 heavy (non-hydrogen) atoms. The molecule has 2 rings (SSSR count). The SMILES string of the molecule is O=S(=O)(Cl)c1ccc(OCc2cccc(F)c2Cl)c(Cl)c1. The molecule has 0 radical (unpaired) electrons. The first-order chi connectivity index (χ1) is 9.79. The molecule has 8 heteroatoms. The summed E-state index contributed by atoms with van der Waals surface area (Å²) in [7, 11) is 1.35. The van der Waals surface area contributed by atoms with Gasteiger partial charge in [-0.3, -0.25) is 0 Å². The van der Waals surface area contributed by atoms with Crippen molar-refractivity contribution in [1.82, 2.24) is 0 Å². The molecule has 0 saturated carbocycles. The smallest absolute Gasteiger partial charge is 0.261 e. The molecule has 0 saturated heterocycles. The maximum atomic E-state index is 13.3.